The first-order chi connectivity index (χ1) is 14.4. The predicted molar refractivity (Wildman–Crippen MR) is 121 cm³/mol. The number of benzene rings is 2. The molecule has 2 aromatic rings. The molecule has 0 bridgehead atoms. The van der Waals surface area contributed by atoms with Crippen LogP contribution in [0.3, 0.4) is 0 Å². The number of thioether (sulfide) groups is 1. The number of para-hydroxylation sites is 1. The van der Waals surface area contributed by atoms with Crippen molar-refractivity contribution in [2.45, 2.75) is 39.0 Å². The monoisotopic (exact) mass is 419 g/mol. The van der Waals surface area contributed by atoms with Gasteiger partial charge in [0.2, 0.25) is 11.8 Å². The number of aryl methyl sites for hydroxylation is 1. The first kappa shape index (κ1) is 21.7. The highest BCUT2D eigenvalue weighted by molar-refractivity contribution is 8.03. The molecule has 1 aliphatic rings. The summed E-state index contributed by atoms with van der Waals surface area (Å²) in [5.74, 6) is -0.108. The molecule has 0 fully saturated rings. The van der Waals surface area contributed by atoms with Gasteiger partial charge in [-0.15, -0.1) is 0 Å². The van der Waals surface area contributed by atoms with Crippen LogP contribution in [-0.4, -0.2) is 17.6 Å². The predicted octanol–water partition coefficient (Wildman–Crippen LogP) is 4.83. The van der Waals surface area contributed by atoms with E-state index in [9.17, 15) is 14.9 Å². The topological polar surface area (TPSA) is 82.0 Å². The van der Waals surface area contributed by atoms with Crippen molar-refractivity contribution in [2.75, 3.05) is 11.1 Å². The van der Waals surface area contributed by atoms with Gasteiger partial charge < -0.3 is 10.6 Å². The van der Waals surface area contributed by atoms with Gasteiger partial charge in [0, 0.05) is 18.0 Å². The molecule has 2 amide bonds. The minimum Gasteiger partial charge on any atom is -0.325 e. The highest BCUT2D eigenvalue weighted by Gasteiger charge is 2.30. The van der Waals surface area contributed by atoms with Crippen molar-refractivity contribution in [3.05, 3.63) is 75.8 Å². The summed E-state index contributed by atoms with van der Waals surface area (Å²) in [5.41, 5.74) is 4.38. The molecule has 2 N–H and O–H groups in total. The van der Waals surface area contributed by atoms with Crippen molar-refractivity contribution in [1.82, 2.24) is 5.32 Å². The molecule has 6 heteroatoms. The molecule has 3 rings (SSSR count). The first-order valence-corrected chi connectivity index (χ1v) is 10.9. The molecule has 154 valence electrons. The smallest absolute Gasteiger partial charge is 0.234 e. The molecule has 1 aliphatic heterocycles. The van der Waals surface area contributed by atoms with Crippen molar-refractivity contribution in [3.63, 3.8) is 0 Å². The highest BCUT2D eigenvalue weighted by Crippen LogP contribution is 2.36. The fourth-order valence-corrected chi connectivity index (χ4v) is 4.25. The van der Waals surface area contributed by atoms with Gasteiger partial charge in [-0.05, 0) is 35.6 Å². The van der Waals surface area contributed by atoms with E-state index in [1.165, 1.54) is 17.3 Å². The Bertz CT molecular complexity index is 1020. The zero-order valence-corrected chi connectivity index (χ0v) is 18.2. The minimum absolute atomic E-state index is 0.105. The third-order valence-corrected chi connectivity index (χ3v) is 6.15. The number of amides is 2. The normalized spacial score (nSPS) is 16.2. The summed E-state index contributed by atoms with van der Waals surface area (Å²) in [6, 6.07) is 17.9. The van der Waals surface area contributed by atoms with Crippen molar-refractivity contribution in [2.24, 2.45) is 0 Å². The van der Waals surface area contributed by atoms with Gasteiger partial charge in [0.05, 0.1) is 22.4 Å². The maximum absolute atomic E-state index is 12.4. The minimum atomic E-state index is -0.299. The number of nitrogens with zero attached hydrogens (tertiary/aromatic N) is 1. The molecule has 0 saturated carbocycles. The Morgan fingerprint density at radius 2 is 1.93 bits per heavy atom. The summed E-state index contributed by atoms with van der Waals surface area (Å²) in [6.07, 6.45) is 0.226. The van der Waals surface area contributed by atoms with Crippen LogP contribution in [0.25, 0.3) is 0 Å². The third kappa shape index (κ3) is 5.11. The molecule has 0 radical (unpaired) electrons. The lowest BCUT2D eigenvalue weighted by molar-refractivity contribution is -0.121. The number of anilines is 1. The summed E-state index contributed by atoms with van der Waals surface area (Å²) < 4.78 is 0. The number of allylic oxidation sites excluding steroid dienone is 1. The number of carbonyl (C=O) groups excluding carboxylic acids is 2. The quantitative estimate of drug-likeness (QED) is 0.703. The molecule has 0 spiro atoms. The van der Waals surface area contributed by atoms with E-state index in [0.717, 1.165) is 16.8 Å². The Morgan fingerprint density at radius 1 is 1.23 bits per heavy atom. The summed E-state index contributed by atoms with van der Waals surface area (Å²) in [4.78, 5) is 24.7. The van der Waals surface area contributed by atoms with E-state index in [-0.39, 0.29) is 29.9 Å². The van der Waals surface area contributed by atoms with Crippen LogP contribution in [0.2, 0.25) is 0 Å². The van der Waals surface area contributed by atoms with Crippen LogP contribution in [0, 0.1) is 18.3 Å². The van der Waals surface area contributed by atoms with Gasteiger partial charge in [-0.2, -0.15) is 5.26 Å². The van der Waals surface area contributed by atoms with Crippen LogP contribution < -0.4 is 10.6 Å². The SMILES string of the molecule is Cc1ccccc1NC(=O)CSC1=C(C#N)[C@@H](c2ccc(C(C)C)cc2)CC(=O)N1. The summed E-state index contributed by atoms with van der Waals surface area (Å²) >= 11 is 1.19. The third-order valence-electron chi connectivity index (χ3n) is 5.13. The van der Waals surface area contributed by atoms with Crippen LogP contribution >= 0.6 is 11.8 Å². The maximum Gasteiger partial charge on any atom is 0.234 e. The van der Waals surface area contributed by atoms with E-state index in [2.05, 4.69) is 30.6 Å². The van der Waals surface area contributed by atoms with Gasteiger partial charge >= 0.3 is 0 Å². The van der Waals surface area contributed by atoms with Crippen LogP contribution in [0.4, 0.5) is 5.69 Å². The fraction of sp³-hybridized carbons (Fsp3) is 0.292. The van der Waals surface area contributed by atoms with Crippen molar-refractivity contribution >= 4 is 29.3 Å². The van der Waals surface area contributed by atoms with Crippen LogP contribution in [-0.2, 0) is 9.59 Å². The second kappa shape index (κ2) is 9.64. The largest absolute Gasteiger partial charge is 0.325 e. The Morgan fingerprint density at radius 3 is 2.57 bits per heavy atom. The lowest BCUT2D eigenvalue weighted by atomic mass is 9.86. The van der Waals surface area contributed by atoms with Gasteiger partial charge in [0.15, 0.2) is 0 Å². The van der Waals surface area contributed by atoms with Crippen LogP contribution in [0.1, 0.15) is 48.8 Å². The van der Waals surface area contributed by atoms with Crippen LogP contribution in [0.5, 0.6) is 0 Å². The summed E-state index contributed by atoms with van der Waals surface area (Å²) in [5, 5.41) is 15.9. The second-order valence-electron chi connectivity index (χ2n) is 7.63. The number of rotatable bonds is 6. The van der Waals surface area contributed by atoms with E-state index in [1.807, 2.05) is 55.5 Å². The first-order valence-electron chi connectivity index (χ1n) is 9.91. The lowest BCUT2D eigenvalue weighted by Crippen LogP contribution is -2.31. The van der Waals surface area contributed by atoms with E-state index in [1.54, 1.807) is 0 Å². The average Bonchev–Trinajstić information content (AvgIpc) is 2.73. The van der Waals surface area contributed by atoms with Gasteiger partial charge in [-0.3, -0.25) is 9.59 Å². The van der Waals surface area contributed by atoms with Crippen molar-refractivity contribution in [3.8, 4) is 6.07 Å². The second-order valence-corrected chi connectivity index (χ2v) is 8.62. The van der Waals surface area contributed by atoms with Gasteiger partial charge in [0.25, 0.3) is 0 Å². The molecule has 0 aliphatic carbocycles. The molecular formula is C24H25N3O2S. The Kier molecular flexibility index (Phi) is 6.96. The summed E-state index contributed by atoms with van der Waals surface area (Å²) in [6.45, 7) is 6.18. The highest BCUT2D eigenvalue weighted by atomic mass is 32.2. The molecule has 2 aromatic carbocycles. The molecule has 5 nitrogen and oxygen atoms in total. The van der Waals surface area contributed by atoms with E-state index >= 15 is 0 Å². The molecule has 0 saturated heterocycles. The summed E-state index contributed by atoms with van der Waals surface area (Å²) in [7, 11) is 0. The van der Waals surface area contributed by atoms with E-state index < -0.39 is 0 Å². The van der Waals surface area contributed by atoms with Gasteiger partial charge in [0.1, 0.15) is 0 Å². The maximum atomic E-state index is 12.4. The van der Waals surface area contributed by atoms with Crippen LogP contribution in [0.15, 0.2) is 59.1 Å². The Hall–Kier alpha value is -3.04. The molecule has 0 aromatic heterocycles. The van der Waals surface area contributed by atoms with Crippen molar-refractivity contribution < 1.29 is 9.59 Å². The number of nitriles is 1. The zero-order chi connectivity index (χ0) is 21.7. The number of carbonyl (C=O) groups is 2. The molecule has 1 heterocycles. The Balaban J connectivity index is 1.76. The standard InChI is InChI=1S/C24H25N3O2S/c1-15(2)17-8-10-18(11-9-17)19-12-22(28)27-24(20(19)13-25)30-14-23(29)26-21-7-5-4-6-16(21)3/h4-11,15,19H,12,14H2,1-3H3,(H,26,29)(H,27,28)/t19-/m1/s1. The Labute approximate surface area is 181 Å². The van der Waals surface area contributed by atoms with E-state index in [4.69, 9.17) is 0 Å². The molecule has 1 atom stereocenters. The van der Waals surface area contributed by atoms with Crippen molar-refractivity contribution in [1.29, 1.82) is 5.26 Å². The molecule has 0 unspecified atom stereocenters. The fourth-order valence-electron chi connectivity index (χ4n) is 3.37. The number of nitrogens with one attached hydrogen (secondary N) is 2. The lowest BCUT2D eigenvalue weighted by Gasteiger charge is -2.25. The van der Waals surface area contributed by atoms with Gasteiger partial charge in [-0.1, -0.05) is 68.1 Å². The molecule has 30 heavy (non-hydrogen) atoms. The number of hydrogen-bond donors (Lipinski definition) is 2. The zero-order valence-electron chi connectivity index (χ0n) is 17.4. The van der Waals surface area contributed by atoms with Gasteiger partial charge in [-0.25, -0.2) is 0 Å². The molecular weight excluding hydrogens is 394 g/mol. The number of hydrogen-bond acceptors (Lipinski definition) is 4. The van der Waals surface area contributed by atoms with E-state index in [0.29, 0.717) is 16.5 Å². The average molecular weight is 420 g/mol.